The lowest BCUT2D eigenvalue weighted by atomic mass is 10.0. The Morgan fingerprint density at radius 2 is 2.10 bits per heavy atom. The fourth-order valence-corrected chi connectivity index (χ4v) is 2.16. The Balaban J connectivity index is 2.33. The van der Waals surface area contributed by atoms with Gasteiger partial charge in [-0.25, -0.2) is 4.39 Å². The van der Waals surface area contributed by atoms with Crippen LogP contribution in [0.1, 0.15) is 12.0 Å². The highest BCUT2D eigenvalue weighted by Crippen LogP contribution is 2.32. The molecule has 1 heterocycles. The number of halogens is 1. The van der Waals surface area contributed by atoms with Crippen LogP contribution in [0.15, 0.2) is 18.2 Å². The monoisotopic (exact) mass is 285 g/mol. The molecular weight excluding hydrogens is 273 g/mol. The fraction of sp³-hybridized carbons (Fsp3) is 0.417. The molecule has 0 aromatic heterocycles. The van der Waals surface area contributed by atoms with Crippen molar-refractivity contribution in [2.45, 2.75) is 18.6 Å². The van der Waals surface area contributed by atoms with Gasteiger partial charge in [0.05, 0.1) is 24.6 Å². The number of carboxylic acids is 1. The molecule has 0 bridgehead atoms. The molecule has 20 heavy (non-hydrogen) atoms. The Morgan fingerprint density at radius 1 is 1.45 bits per heavy atom. The van der Waals surface area contributed by atoms with Gasteiger partial charge in [0.2, 0.25) is 0 Å². The van der Waals surface area contributed by atoms with Gasteiger partial charge in [-0.1, -0.05) is 0 Å². The Bertz CT molecular complexity index is 541. The van der Waals surface area contributed by atoms with Crippen LogP contribution in [0.3, 0.4) is 0 Å². The highest BCUT2D eigenvalue weighted by Gasteiger charge is 2.40. The zero-order valence-corrected chi connectivity index (χ0v) is 10.4. The molecule has 0 spiro atoms. The van der Waals surface area contributed by atoms with Crippen molar-refractivity contribution in [3.63, 3.8) is 0 Å². The van der Waals surface area contributed by atoms with Crippen molar-refractivity contribution in [2.75, 3.05) is 13.2 Å². The number of carbonyl (C=O) groups is 1. The summed E-state index contributed by atoms with van der Waals surface area (Å²) in [6.45, 7) is 0.382. The lowest BCUT2D eigenvalue weighted by Crippen LogP contribution is -2.36. The maximum Gasteiger partial charge on any atom is 0.308 e. The number of nitro groups is 1. The van der Waals surface area contributed by atoms with Crippen LogP contribution in [0.2, 0.25) is 0 Å². The van der Waals surface area contributed by atoms with Gasteiger partial charge in [-0.15, -0.1) is 0 Å². The van der Waals surface area contributed by atoms with Gasteiger partial charge in [-0.2, -0.15) is 0 Å². The molecular formula is C12H12FNO6. The highest BCUT2D eigenvalue weighted by atomic mass is 19.1. The van der Waals surface area contributed by atoms with Gasteiger partial charge in [0.25, 0.3) is 5.69 Å². The normalized spacial score (nSPS) is 17.1. The molecule has 8 heteroatoms. The Hall–Kier alpha value is -2.06. The summed E-state index contributed by atoms with van der Waals surface area (Å²) in [7, 11) is 0. The number of hydrogen-bond donors (Lipinski definition) is 1. The SMILES string of the molecule is O=C(O)CC1(Cc2cc(F)ccc2[N+](=O)[O-])OCCO1. The van der Waals surface area contributed by atoms with Gasteiger partial charge in [-0.3, -0.25) is 14.9 Å². The standard InChI is InChI=1S/C12H12FNO6/c13-9-1-2-10(14(17)18)8(5-9)6-12(7-11(15)16)19-3-4-20-12/h1-2,5H,3-4,6-7H2,(H,15,16). The zero-order valence-electron chi connectivity index (χ0n) is 10.4. The van der Waals surface area contributed by atoms with Gasteiger partial charge in [0, 0.05) is 18.1 Å². The summed E-state index contributed by atoms with van der Waals surface area (Å²) in [5.74, 6) is -3.29. The third-order valence-corrected chi connectivity index (χ3v) is 2.93. The highest BCUT2D eigenvalue weighted by molar-refractivity contribution is 5.68. The summed E-state index contributed by atoms with van der Waals surface area (Å²) in [6.07, 6.45) is -0.673. The summed E-state index contributed by atoms with van der Waals surface area (Å²) in [5.41, 5.74) is -0.256. The van der Waals surface area contributed by atoms with Crippen LogP contribution in [0.5, 0.6) is 0 Å². The van der Waals surface area contributed by atoms with E-state index in [4.69, 9.17) is 14.6 Å². The van der Waals surface area contributed by atoms with E-state index >= 15 is 0 Å². The second kappa shape index (κ2) is 5.51. The first-order valence-electron chi connectivity index (χ1n) is 5.84. The van der Waals surface area contributed by atoms with Crippen LogP contribution in [0.25, 0.3) is 0 Å². The predicted molar refractivity (Wildman–Crippen MR) is 63.6 cm³/mol. The van der Waals surface area contributed by atoms with E-state index in [2.05, 4.69) is 0 Å². The van der Waals surface area contributed by atoms with E-state index in [9.17, 15) is 19.3 Å². The van der Waals surface area contributed by atoms with Crippen molar-refractivity contribution in [2.24, 2.45) is 0 Å². The molecule has 1 N–H and O–H groups in total. The van der Waals surface area contributed by atoms with Crippen molar-refractivity contribution in [3.05, 3.63) is 39.7 Å². The molecule has 0 amide bonds. The van der Waals surface area contributed by atoms with Crippen LogP contribution >= 0.6 is 0 Å². The molecule has 7 nitrogen and oxygen atoms in total. The number of carboxylic acid groups (broad SMARTS) is 1. The number of hydrogen-bond acceptors (Lipinski definition) is 5. The first-order valence-corrected chi connectivity index (χ1v) is 5.84. The van der Waals surface area contributed by atoms with Crippen LogP contribution in [-0.4, -0.2) is 35.0 Å². The number of nitro benzene ring substituents is 1. The van der Waals surface area contributed by atoms with Crippen LogP contribution in [0.4, 0.5) is 10.1 Å². The summed E-state index contributed by atoms with van der Waals surface area (Å²) in [6, 6.07) is 3.00. The van der Waals surface area contributed by atoms with Crippen molar-refractivity contribution < 1.29 is 28.7 Å². The molecule has 2 rings (SSSR count). The first kappa shape index (κ1) is 14.4. The number of rotatable bonds is 5. The van der Waals surface area contributed by atoms with E-state index in [0.29, 0.717) is 0 Å². The second-order valence-electron chi connectivity index (χ2n) is 4.39. The minimum Gasteiger partial charge on any atom is -0.481 e. The minimum absolute atomic E-state index is 0.0400. The molecule has 1 aromatic carbocycles. The number of nitrogens with zero attached hydrogens (tertiary/aromatic N) is 1. The Morgan fingerprint density at radius 3 is 2.65 bits per heavy atom. The molecule has 0 atom stereocenters. The molecule has 0 saturated carbocycles. The molecule has 1 aliphatic heterocycles. The van der Waals surface area contributed by atoms with Crippen LogP contribution in [0, 0.1) is 15.9 Å². The average molecular weight is 285 g/mol. The maximum atomic E-state index is 13.3. The predicted octanol–water partition coefficient (Wildman–Crippen LogP) is 1.49. The van der Waals surface area contributed by atoms with Crippen molar-refractivity contribution in [3.8, 4) is 0 Å². The minimum atomic E-state index is -1.48. The molecule has 0 unspecified atom stereocenters. The Labute approximate surface area is 113 Å². The lowest BCUT2D eigenvalue weighted by molar-refractivity contribution is -0.386. The Kier molecular flexibility index (Phi) is 3.96. The van der Waals surface area contributed by atoms with Crippen molar-refractivity contribution in [1.29, 1.82) is 0 Å². The van der Waals surface area contributed by atoms with E-state index < -0.39 is 28.9 Å². The summed E-state index contributed by atoms with van der Waals surface area (Å²) >= 11 is 0. The van der Waals surface area contributed by atoms with E-state index in [1.54, 1.807) is 0 Å². The van der Waals surface area contributed by atoms with E-state index in [0.717, 1.165) is 18.2 Å². The molecule has 1 fully saturated rings. The summed E-state index contributed by atoms with van der Waals surface area (Å²) in [4.78, 5) is 21.1. The quantitative estimate of drug-likeness (QED) is 0.650. The average Bonchev–Trinajstić information content (AvgIpc) is 2.75. The topological polar surface area (TPSA) is 98.9 Å². The number of benzene rings is 1. The summed E-state index contributed by atoms with van der Waals surface area (Å²) < 4.78 is 23.8. The molecule has 108 valence electrons. The molecule has 1 saturated heterocycles. The zero-order chi connectivity index (χ0) is 14.8. The van der Waals surface area contributed by atoms with Crippen molar-refractivity contribution >= 4 is 11.7 Å². The van der Waals surface area contributed by atoms with Gasteiger partial charge >= 0.3 is 5.97 Å². The third kappa shape index (κ3) is 3.09. The maximum absolute atomic E-state index is 13.3. The lowest BCUT2D eigenvalue weighted by Gasteiger charge is -2.25. The van der Waals surface area contributed by atoms with E-state index in [-0.39, 0.29) is 30.9 Å². The van der Waals surface area contributed by atoms with Gasteiger partial charge in [-0.05, 0) is 12.1 Å². The van der Waals surface area contributed by atoms with Gasteiger partial charge in [0.15, 0.2) is 5.79 Å². The van der Waals surface area contributed by atoms with Crippen LogP contribution < -0.4 is 0 Å². The first-order chi connectivity index (χ1) is 9.42. The number of aliphatic carboxylic acids is 1. The van der Waals surface area contributed by atoms with Gasteiger partial charge < -0.3 is 14.6 Å². The molecule has 0 radical (unpaired) electrons. The van der Waals surface area contributed by atoms with Crippen molar-refractivity contribution in [1.82, 2.24) is 0 Å². The fourth-order valence-electron chi connectivity index (χ4n) is 2.16. The molecule has 0 aliphatic carbocycles. The second-order valence-corrected chi connectivity index (χ2v) is 4.39. The van der Waals surface area contributed by atoms with Gasteiger partial charge in [0.1, 0.15) is 5.82 Å². The van der Waals surface area contributed by atoms with Crippen LogP contribution in [-0.2, 0) is 20.7 Å². The molecule has 1 aromatic rings. The number of ether oxygens (including phenoxy) is 2. The smallest absolute Gasteiger partial charge is 0.308 e. The third-order valence-electron chi connectivity index (χ3n) is 2.93. The van der Waals surface area contributed by atoms with E-state index in [1.165, 1.54) is 0 Å². The molecule has 1 aliphatic rings. The summed E-state index contributed by atoms with van der Waals surface area (Å²) in [5, 5.41) is 19.8. The van der Waals surface area contributed by atoms with E-state index in [1.807, 2.05) is 0 Å². The largest absolute Gasteiger partial charge is 0.481 e.